The van der Waals surface area contributed by atoms with E-state index in [0.29, 0.717) is 25.3 Å². The molecule has 1 heterocycles. The summed E-state index contributed by atoms with van der Waals surface area (Å²) in [4.78, 5) is 29.5. The predicted octanol–water partition coefficient (Wildman–Crippen LogP) is 3.29. The average Bonchev–Trinajstić information content (AvgIpc) is 2.73. The van der Waals surface area contributed by atoms with Crippen LogP contribution in [0.4, 0.5) is 5.69 Å². The SMILES string of the molecule is O=C(CCSc1ccccc1)NCC(=O)N1CCN(c2ccc(Cl)cc2)CC1. The van der Waals surface area contributed by atoms with E-state index >= 15 is 0 Å². The van der Waals surface area contributed by atoms with Crippen molar-refractivity contribution in [3.8, 4) is 0 Å². The fraction of sp³-hybridized carbons (Fsp3) is 0.333. The minimum absolute atomic E-state index is 0.0279. The number of piperazine rings is 1. The highest BCUT2D eigenvalue weighted by molar-refractivity contribution is 7.99. The molecule has 0 radical (unpaired) electrons. The summed E-state index contributed by atoms with van der Waals surface area (Å²) < 4.78 is 0. The van der Waals surface area contributed by atoms with Gasteiger partial charge in [0, 0.05) is 54.0 Å². The first-order chi connectivity index (χ1) is 13.6. The quantitative estimate of drug-likeness (QED) is 0.702. The van der Waals surface area contributed by atoms with Crippen LogP contribution in [0.3, 0.4) is 0 Å². The van der Waals surface area contributed by atoms with E-state index in [1.54, 1.807) is 11.8 Å². The Balaban J connectivity index is 1.34. The molecule has 0 bridgehead atoms. The Bertz CT molecular complexity index is 778. The highest BCUT2D eigenvalue weighted by atomic mass is 35.5. The third kappa shape index (κ3) is 6.17. The van der Waals surface area contributed by atoms with Crippen LogP contribution in [0, 0.1) is 0 Å². The molecule has 2 amide bonds. The standard InChI is InChI=1S/C21H24ClN3O2S/c22-17-6-8-18(9-7-17)24-11-13-25(14-12-24)21(27)16-23-20(26)10-15-28-19-4-2-1-3-5-19/h1-9H,10-16H2,(H,23,26). The van der Waals surface area contributed by atoms with E-state index < -0.39 is 0 Å². The number of rotatable bonds is 7. The van der Waals surface area contributed by atoms with E-state index in [1.807, 2.05) is 59.5 Å². The van der Waals surface area contributed by atoms with Gasteiger partial charge in [-0.05, 0) is 36.4 Å². The third-order valence-electron chi connectivity index (χ3n) is 4.60. The maximum absolute atomic E-state index is 12.4. The zero-order chi connectivity index (χ0) is 19.8. The zero-order valence-electron chi connectivity index (χ0n) is 15.6. The second kappa shape index (κ2) is 10.4. The number of halogens is 1. The van der Waals surface area contributed by atoms with Gasteiger partial charge in [-0.25, -0.2) is 0 Å². The summed E-state index contributed by atoms with van der Waals surface area (Å²) in [7, 11) is 0. The van der Waals surface area contributed by atoms with E-state index in [9.17, 15) is 9.59 Å². The normalized spacial score (nSPS) is 14.0. The lowest BCUT2D eigenvalue weighted by molar-refractivity contribution is -0.133. The van der Waals surface area contributed by atoms with Crippen LogP contribution >= 0.6 is 23.4 Å². The highest BCUT2D eigenvalue weighted by Crippen LogP contribution is 2.19. The first kappa shape index (κ1) is 20.6. The summed E-state index contributed by atoms with van der Waals surface area (Å²) in [6.45, 7) is 2.92. The summed E-state index contributed by atoms with van der Waals surface area (Å²) in [5, 5.41) is 3.46. The van der Waals surface area contributed by atoms with Gasteiger partial charge in [-0.2, -0.15) is 0 Å². The number of hydrogen-bond acceptors (Lipinski definition) is 4. The lowest BCUT2D eigenvalue weighted by Gasteiger charge is -2.36. The van der Waals surface area contributed by atoms with Gasteiger partial charge >= 0.3 is 0 Å². The van der Waals surface area contributed by atoms with Crippen molar-refractivity contribution in [2.75, 3.05) is 43.4 Å². The number of amides is 2. The fourth-order valence-corrected chi connectivity index (χ4v) is 4.02. The van der Waals surface area contributed by atoms with E-state index in [2.05, 4.69) is 10.2 Å². The van der Waals surface area contributed by atoms with Crippen molar-refractivity contribution >= 4 is 40.9 Å². The minimum Gasteiger partial charge on any atom is -0.368 e. The Labute approximate surface area is 175 Å². The van der Waals surface area contributed by atoms with Gasteiger partial charge in [0.15, 0.2) is 0 Å². The number of anilines is 1. The van der Waals surface area contributed by atoms with Gasteiger partial charge in [0.1, 0.15) is 0 Å². The molecule has 0 spiro atoms. The van der Waals surface area contributed by atoms with E-state index in [-0.39, 0.29) is 18.4 Å². The predicted molar refractivity (Wildman–Crippen MR) is 115 cm³/mol. The van der Waals surface area contributed by atoms with Crippen molar-refractivity contribution in [2.24, 2.45) is 0 Å². The monoisotopic (exact) mass is 417 g/mol. The summed E-state index contributed by atoms with van der Waals surface area (Å²) in [6, 6.07) is 17.7. The van der Waals surface area contributed by atoms with E-state index in [1.165, 1.54) is 0 Å². The summed E-state index contributed by atoms with van der Waals surface area (Å²) in [6.07, 6.45) is 0.400. The molecular formula is C21H24ClN3O2S. The van der Waals surface area contributed by atoms with Crippen LogP contribution in [0.25, 0.3) is 0 Å². The molecule has 0 aromatic heterocycles. The van der Waals surface area contributed by atoms with Gasteiger partial charge in [0.25, 0.3) is 0 Å². The van der Waals surface area contributed by atoms with E-state index in [4.69, 9.17) is 11.6 Å². The van der Waals surface area contributed by atoms with Crippen LogP contribution in [-0.4, -0.2) is 55.2 Å². The number of carbonyl (C=O) groups is 2. The molecule has 0 unspecified atom stereocenters. The fourth-order valence-electron chi connectivity index (χ4n) is 3.02. The second-order valence-corrected chi connectivity index (χ2v) is 8.14. The Hall–Kier alpha value is -2.18. The average molecular weight is 418 g/mol. The number of thioether (sulfide) groups is 1. The molecule has 0 saturated carbocycles. The lowest BCUT2D eigenvalue weighted by atomic mass is 10.2. The van der Waals surface area contributed by atoms with Crippen LogP contribution in [0.15, 0.2) is 59.5 Å². The second-order valence-electron chi connectivity index (χ2n) is 6.53. The molecule has 1 fully saturated rings. The molecular weight excluding hydrogens is 394 g/mol. The van der Waals surface area contributed by atoms with E-state index in [0.717, 1.165) is 28.7 Å². The molecule has 1 N–H and O–H groups in total. The highest BCUT2D eigenvalue weighted by Gasteiger charge is 2.21. The van der Waals surface area contributed by atoms with Crippen LogP contribution in [0.5, 0.6) is 0 Å². The van der Waals surface area contributed by atoms with Gasteiger partial charge in [-0.15, -0.1) is 11.8 Å². The molecule has 5 nitrogen and oxygen atoms in total. The number of carbonyl (C=O) groups excluding carboxylic acids is 2. The Kier molecular flexibility index (Phi) is 7.62. The molecule has 0 atom stereocenters. The first-order valence-corrected chi connectivity index (χ1v) is 10.7. The smallest absolute Gasteiger partial charge is 0.242 e. The molecule has 1 aliphatic rings. The molecule has 2 aromatic carbocycles. The number of nitrogens with zero attached hydrogens (tertiary/aromatic N) is 2. The molecule has 1 aliphatic heterocycles. The van der Waals surface area contributed by atoms with Crippen LogP contribution in [0.1, 0.15) is 6.42 Å². The van der Waals surface area contributed by atoms with Crippen molar-refractivity contribution in [3.05, 3.63) is 59.6 Å². The molecule has 148 valence electrons. The Morgan fingerprint density at radius 2 is 1.64 bits per heavy atom. The van der Waals surface area contributed by atoms with Crippen LogP contribution < -0.4 is 10.2 Å². The van der Waals surface area contributed by atoms with Gasteiger partial charge in [0.05, 0.1) is 6.54 Å². The van der Waals surface area contributed by atoms with Crippen molar-refractivity contribution in [3.63, 3.8) is 0 Å². The largest absolute Gasteiger partial charge is 0.368 e. The molecule has 28 heavy (non-hydrogen) atoms. The molecule has 2 aromatic rings. The van der Waals surface area contributed by atoms with Crippen molar-refractivity contribution in [1.29, 1.82) is 0 Å². The van der Waals surface area contributed by atoms with Gasteiger partial charge in [0.2, 0.25) is 11.8 Å². The number of benzene rings is 2. The van der Waals surface area contributed by atoms with Gasteiger partial charge in [-0.1, -0.05) is 29.8 Å². The topological polar surface area (TPSA) is 52.7 Å². The summed E-state index contributed by atoms with van der Waals surface area (Å²) in [5.41, 5.74) is 1.11. The minimum atomic E-state index is -0.0865. The van der Waals surface area contributed by atoms with Crippen molar-refractivity contribution in [2.45, 2.75) is 11.3 Å². The van der Waals surface area contributed by atoms with Crippen molar-refractivity contribution in [1.82, 2.24) is 10.2 Å². The van der Waals surface area contributed by atoms with Gasteiger partial charge in [-0.3, -0.25) is 9.59 Å². The van der Waals surface area contributed by atoms with Crippen LogP contribution in [-0.2, 0) is 9.59 Å². The van der Waals surface area contributed by atoms with Crippen LogP contribution in [0.2, 0.25) is 5.02 Å². The Morgan fingerprint density at radius 3 is 2.32 bits per heavy atom. The number of hydrogen-bond donors (Lipinski definition) is 1. The zero-order valence-corrected chi connectivity index (χ0v) is 17.2. The summed E-state index contributed by atoms with van der Waals surface area (Å²) in [5.74, 6) is 0.584. The lowest BCUT2D eigenvalue weighted by Crippen LogP contribution is -2.51. The van der Waals surface area contributed by atoms with Gasteiger partial charge < -0.3 is 15.1 Å². The maximum Gasteiger partial charge on any atom is 0.242 e. The molecule has 3 rings (SSSR count). The third-order valence-corrected chi connectivity index (χ3v) is 5.87. The molecule has 0 aliphatic carbocycles. The maximum atomic E-state index is 12.4. The number of nitrogens with one attached hydrogen (secondary N) is 1. The Morgan fingerprint density at radius 1 is 0.964 bits per heavy atom. The summed E-state index contributed by atoms with van der Waals surface area (Å²) >= 11 is 7.57. The molecule has 7 heteroatoms. The van der Waals surface area contributed by atoms with Crippen molar-refractivity contribution < 1.29 is 9.59 Å². The first-order valence-electron chi connectivity index (χ1n) is 9.34. The molecule has 1 saturated heterocycles.